The third-order valence-electron chi connectivity index (χ3n) is 5.31. The quantitative estimate of drug-likeness (QED) is 0.914. The Morgan fingerprint density at radius 2 is 2.19 bits per heavy atom. The molecule has 6 heteroatoms. The van der Waals surface area contributed by atoms with Crippen LogP contribution in [0.25, 0.3) is 0 Å². The van der Waals surface area contributed by atoms with Crippen molar-refractivity contribution in [2.75, 3.05) is 6.54 Å². The Kier molecular flexibility index (Phi) is 4.42. The van der Waals surface area contributed by atoms with Crippen molar-refractivity contribution in [2.45, 2.75) is 58.9 Å². The van der Waals surface area contributed by atoms with Gasteiger partial charge in [-0.25, -0.2) is 4.98 Å². The molecule has 138 valence electrons. The lowest BCUT2D eigenvalue weighted by atomic mass is 10.1. The fraction of sp³-hybridized carbons (Fsp3) is 0.550. The Hall–Kier alpha value is -2.37. The number of aryl methyl sites for hydroxylation is 3. The molecule has 0 saturated carbocycles. The summed E-state index contributed by atoms with van der Waals surface area (Å²) >= 11 is 0. The Bertz CT molecular complexity index is 894. The number of nitrogens with one attached hydrogen (secondary N) is 1. The van der Waals surface area contributed by atoms with Gasteiger partial charge in [0.05, 0.1) is 6.54 Å². The van der Waals surface area contributed by atoms with E-state index in [9.17, 15) is 9.59 Å². The molecule has 0 radical (unpaired) electrons. The van der Waals surface area contributed by atoms with Crippen LogP contribution in [0, 0.1) is 5.92 Å². The van der Waals surface area contributed by atoms with Crippen molar-refractivity contribution in [2.24, 2.45) is 5.92 Å². The Morgan fingerprint density at radius 3 is 3.00 bits per heavy atom. The number of fused-ring (bicyclic) bond motifs is 2. The number of H-pyrrole nitrogens is 1. The Labute approximate surface area is 152 Å². The van der Waals surface area contributed by atoms with Crippen LogP contribution in [0.3, 0.4) is 0 Å². The molecule has 3 heterocycles. The minimum atomic E-state index is -0.278. The first-order valence-electron chi connectivity index (χ1n) is 9.53. The van der Waals surface area contributed by atoms with Gasteiger partial charge in [0.2, 0.25) is 0 Å². The lowest BCUT2D eigenvalue weighted by Gasteiger charge is -2.25. The molecule has 0 atom stereocenters. The number of carbonyl (C=O) groups is 1. The number of hydrogen-bond acceptors (Lipinski definition) is 4. The second-order valence-corrected chi connectivity index (χ2v) is 7.76. The normalized spacial score (nSPS) is 16.0. The van der Waals surface area contributed by atoms with Crippen molar-refractivity contribution >= 4 is 5.91 Å². The molecule has 0 spiro atoms. The van der Waals surface area contributed by atoms with E-state index in [1.54, 1.807) is 11.0 Å². The average Bonchev–Trinajstić information content (AvgIpc) is 3.23. The highest BCUT2D eigenvalue weighted by Gasteiger charge is 2.28. The summed E-state index contributed by atoms with van der Waals surface area (Å²) in [7, 11) is 0. The fourth-order valence-electron chi connectivity index (χ4n) is 3.79. The van der Waals surface area contributed by atoms with Crippen LogP contribution in [0.4, 0.5) is 0 Å². The largest absolute Gasteiger partial charge is 0.445 e. The van der Waals surface area contributed by atoms with Crippen LogP contribution >= 0.6 is 0 Å². The average molecular weight is 355 g/mol. The summed E-state index contributed by atoms with van der Waals surface area (Å²) in [4.78, 5) is 34.4. The maximum atomic E-state index is 12.9. The van der Waals surface area contributed by atoms with Crippen LogP contribution in [0.15, 0.2) is 15.3 Å². The van der Waals surface area contributed by atoms with Crippen LogP contribution < -0.4 is 5.56 Å². The first-order chi connectivity index (χ1) is 12.5. The van der Waals surface area contributed by atoms with E-state index < -0.39 is 0 Å². The van der Waals surface area contributed by atoms with Gasteiger partial charge in [0, 0.05) is 25.1 Å². The molecule has 2 aromatic heterocycles. The number of aromatic amines is 1. The lowest BCUT2D eigenvalue weighted by molar-refractivity contribution is 0.0726. The minimum absolute atomic E-state index is 0.210. The van der Waals surface area contributed by atoms with Crippen molar-refractivity contribution in [3.8, 4) is 0 Å². The van der Waals surface area contributed by atoms with Gasteiger partial charge in [0.1, 0.15) is 17.0 Å². The van der Waals surface area contributed by atoms with E-state index in [0.29, 0.717) is 25.4 Å². The first kappa shape index (κ1) is 17.1. The standard InChI is InChI=1S/C20H25N3O3/c1-12(2)6-7-18-21-16-11-23(9-8-17(16)26-18)20(25)14-10-13-4-3-5-15(13)22-19(14)24/h10,12H,3-9,11H2,1-2H3,(H,22,24). The number of hydrogen-bond donors (Lipinski definition) is 1. The van der Waals surface area contributed by atoms with Gasteiger partial charge in [-0.2, -0.15) is 0 Å². The van der Waals surface area contributed by atoms with Crippen LogP contribution in [-0.2, 0) is 32.2 Å². The molecule has 2 aliphatic rings. The molecule has 1 N–H and O–H groups in total. The zero-order valence-electron chi connectivity index (χ0n) is 15.4. The molecular weight excluding hydrogens is 330 g/mol. The maximum Gasteiger partial charge on any atom is 0.261 e. The first-order valence-corrected chi connectivity index (χ1v) is 9.53. The van der Waals surface area contributed by atoms with Crippen LogP contribution in [0.5, 0.6) is 0 Å². The minimum Gasteiger partial charge on any atom is -0.445 e. The van der Waals surface area contributed by atoms with E-state index >= 15 is 0 Å². The second-order valence-electron chi connectivity index (χ2n) is 7.76. The molecule has 0 saturated heterocycles. The molecule has 4 rings (SSSR count). The Balaban J connectivity index is 1.52. The lowest BCUT2D eigenvalue weighted by Crippen LogP contribution is -2.38. The molecule has 0 unspecified atom stereocenters. The summed E-state index contributed by atoms with van der Waals surface area (Å²) in [6.07, 6.45) is 5.37. The van der Waals surface area contributed by atoms with Crippen molar-refractivity contribution in [3.63, 3.8) is 0 Å². The van der Waals surface area contributed by atoms with Gasteiger partial charge in [-0.15, -0.1) is 0 Å². The molecule has 6 nitrogen and oxygen atoms in total. The number of rotatable bonds is 4. The van der Waals surface area contributed by atoms with Crippen molar-refractivity contribution < 1.29 is 9.21 Å². The van der Waals surface area contributed by atoms with Crippen LogP contribution in [0.1, 0.15) is 65.6 Å². The van der Waals surface area contributed by atoms with Gasteiger partial charge >= 0.3 is 0 Å². The molecule has 26 heavy (non-hydrogen) atoms. The van der Waals surface area contributed by atoms with E-state index in [0.717, 1.165) is 60.7 Å². The molecule has 2 aromatic rings. The highest BCUT2D eigenvalue weighted by atomic mass is 16.4. The number of oxazole rings is 1. The molecule has 1 amide bonds. The predicted octanol–water partition coefficient (Wildman–Crippen LogP) is 2.64. The van der Waals surface area contributed by atoms with E-state index in [2.05, 4.69) is 23.8 Å². The zero-order valence-corrected chi connectivity index (χ0v) is 15.4. The molecule has 0 aromatic carbocycles. The van der Waals surface area contributed by atoms with Gasteiger partial charge in [-0.05, 0) is 43.2 Å². The van der Waals surface area contributed by atoms with Crippen molar-refractivity contribution in [1.82, 2.24) is 14.9 Å². The molecule has 0 fully saturated rings. The van der Waals surface area contributed by atoms with Gasteiger partial charge in [-0.1, -0.05) is 13.8 Å². The summed E-state index contributed by atoms with van der Waals surface area (Å²) in [5.41, 5.74) is 2.89. The number of nitrogens with zero attached hydrogens (tertiary/aromatic N) is 2. The third-order valence-corrected chi connectivity index (χ3v) is 5.31. The van der Waals surface area contributed by atoms with Crippen molar-refractivity contribution in [1.29, 1.82) is 0 Å². The van der Waals surface area contributed by atoms with Gasteiger partial charge in [0.25, 0.3) is 11.5 Å². The number of aromatic nitrogens is 2. The van der Waals surface area contributed by atoms with Gasteiger partial charge in [0.15, 0.2) is 5.89 Å². The summed E-state index contributed by atoms with van der Waals surface area (Å²) < 4.78 is 5.86. The summed E-state index contributed by atoms with van der Waals surface area (Å²) in [6.45, 7) is 5.33. The number of amides is 1. The molecule has 1 aliphatic carbocycles. The van der Waals surface area contributed by atoms with E-state index in [1.165, 1.54) is 0 Å². The number of carbonyl (C=O) groups excluding carboxylic acids is 1. The maximum absolute atomic E-state index is 12.9. The highest BCUT2D eigenvalue weighted by molar-refractivity contribution is 5.94. The smallest absolute Gasteiger partial charge is 0.261 e. The highest BCUT2D eigenvalue weighted by Crippen LogP contribution is 2.23. The second kappa shape index (κ2) is 6.74. The molecule has 0 bridgehead atoms. The number of pyridine rings is 1. The molecule has 1 aliphatic heterocycles. The van der Waals surface area contributed by atoms with Crippen LogP contribution in [-0.4, -0.2) is 27.3 Å². The van der Waals surface area contributed by atoms with Gasteiger partial charge in [-0.3, -0.25) is 9.59 Å². The topological polar surface area (TPSA) is 79.2 Å². The predicted molar refractivity (Wildman–Crippen MR) is 97.2 cm³/mol. The van der Waals surface area contributed by atoms with Crippen molar-refractivity contribution in [3.05, 3.63) is 50.6 Å². The Morgan fingerprint density at radius 1 is 1.35 bits per heavy atom. The third kappa shape index (κ3) is 3.20. The van der Waals surface area contributed by atoms with E-state index in [-0.39, 0.29) is 17.0 Å². The summed E-state index contributed by atoms with van der Waals surface area (Å²) in [6, 6.07) is 1.79. The van der Waals surface area contributed by atoms with Gasteiger partial charge < -0.3 is 14.3 Å². The summed E-state index contributed by atoms with van der Waals surface area (Å²) in [5.74, 6) is 2.03. The molecular formula is C20H25N3O3. The zero-order chi connectivity index (χ0) is 18.3. The monoisotopic (exact) mass is 355 g/mol. The van der Waals surface area contributed by atoms with Crippen LogP contribution in [0.2, 0.25) is 0 Å². The summed E-state index contributed by atoms with van der Waals surface area (Å²) in [5, 5.41) is 0. The fourth-order valence-corrected chi connectivity index (χ4v) is 3.79. The van der Waals surface area contributed by atoms with E-state index in [1.807, 2.05) is 0 Å². The SMILES string of the molecule is CC(C)CCc1nc2c(o1)CCN(C(=O)c1cc3c([nH]c1=O)CCC3)C2. The van der Waals surface area contributed by atoms with E-state index in [4.69, 9.17) is 4.42 Å².